The monoisotopic (exact) mass is 275 g/mol. The van der Waals surface area contributed by atoms with E-state index in [1.165, 1.54) is 0 Å². The van der Waals surface area contributed by atoms with E-state index in [1.54, 1.807) is 18.2 Å². The first-order valence-electron chi connectivity index (χ1n) is 6.88. The van der Waals surface area contributed by atoms with Crippen LogP contribution in [0.3, 0.4) is 0 Å². The number of aryl methyl sites for hydroxylation is 1. The zero-order chi connectivity index (χ0) is 14.8. The molecule has 1 amide bonds. The number of imidazole rings is 1. The number of nitrogens with zero attached hydrogens (tertiary/aromatic N) is 2. The smallest absolute Gasteiger partial charge is 0.270 e. The molecule has 0 atom stereocenters. The first-order chi connectivity index (χ1) is 9.48. The fourth-order valence-corrected chi connectivity index (χ4v) is 2.10. The highest BCUT2D eigenvalue weighted by atomic mass is 16.3. The molecule has 0 saturated heterocycles. The summed E-state index contributed by atoms with van der Waals surface area (Å²) in [5.41, 5.74) is 1.47. The van der Waals surface area contributed by atoms with Gasteiger partial charge in [-0.15, -0.1) is 0 Å². The summed E-state index contributed by atoms with van der Waals surface area (Å²) < 4.78 is 1.80. The third-order valence-corrected chi connectivity index (χ3v) is 3.15. The molecule has 20 heavy (non-hydrogen) atoms. The van der Waals surface area contributed by atoms with Crippen LogP contribution in [0.4, 0.5) is 0 Å². The Kier molecular flexibility index (Phi) is 4.09. The van der Waals surface area contributed by atoms with Crippen LogP contribution in [-0.2, 0) is 6.42 Å². The standard InChI is InChI=1S/C15H21N3O2/c1-4-7-11-13(14(20)17-15(2,3)10-19)18-9-6-5-8-12(18)16-11/h5-6,8-9,19H,4,7,10H2,1-3H3,(H,17,20). The average molecular weight is 275 g/mol. The SMILES string of the molecule is CCCc1nc2ccccn2c1C(=O)NC(C)(C)CO. The molecule has 0 aliphatic carbocycles. The number of pyridine rings is 1. The molecule has 2 N–H and O–H groups in total. The molecule has 2 heterocycles. The van der Waals surface area contributed by atoms with Gasteiger partial charge in [-0.25, -0.2) is 4.98 Å². The fraction of sp³-hybridized carbons (Fsp3) is 0.467. The van der Waals surface area contributed by atoms with Crippen LogP contribution in [0.25, 0.3) is 5.65 Å². The summed E-state index contributed by atoms with van der Waals surface area (Å²) in [5, 5.41) is 12.1. The Morgan fingerprint density at radius 3 is 2.85 bits per heavy atom. The molecule has 0 saturated carbocycles. The predicted molar refractivity (Wildman–Crippen MR) is 77.8 cm³/mol. The van der Waals surface area contributed by atoms with E-state index in [-0.39, 0.29) is 12.5 Å². The molecule has 0 aliphatic heterocycles. The van der Waals surface area contributed by atoms with Gasteiger partial charge in [0.1, 0.15) is 11.3 Å². The van der Waals surface area contributed by atoms with Gasteiger partial charge in [-0.05, 0) is 32.4 Å². The second-order valence-corrected chi connectivity index (χ2v) is 5.58. The number of fused-ring (bicyclic) bond motifs is 1. The van der Waals surface area contributed by atoms with E-state index >= 15 is 0 Å². The van der Waals surface area contributed by atoms with E-state index in [9.17, 15) is 9.90 Å². The van der Waals surface area contributed by atoms with Gasteiger partial charge in [0.2, 0.25) is 0 Å². The van der Waals surface area contributed by atoms with E-state index in [4.69, 9.17) is 0 Å². The summed E-state index contributed by atoms with van der Waals surface area (Å²) >= 11 is 0. The Morgan fingerprint density at radius 2 is 2.20 bits per heavy atom. The molecule has 2 rings (SSSR count). The van der Waals surface area contributed by atoms with Gasteiger partial charge in [-0.1, -0.05) is 19.4 Å². The number of amides is 1. The molecule has 5 nitrogen and oxygen atoms in total. The zero-order valence-corrected chi connectivity index (χ0v) is 12.2. The van der Waals surface area contributed by atoms with Crippen LogP contribution < -0.4 is 5.32 Å². The third-order valence-electron chi connectivity index (χ3n) is 3.15. The Morgan fingerprint density at radius 1 is 1.45 bits per heavy atom. The summed E-state index contributed by atoms with van der Waals surface area (Å²) in [6.45, 7) is 5.52. The number of hydrogen-bond acceptors (Lipinski definition) is 3. The van der Waals surface area contributed by atoms with E-state index in [0.717, 1.165) is 24.2 Å². The van der Waals surface area contributed by atoms with Gasteiger partial charge in [-0.3, -0.25) is 9.20 Å². The molecule has 0 fully saturated rings. The first kappa shape index (κ1) is 14.5. The van der Waals surface area contributed by atoms with Crippen molar-refractivity contribution in [3.8, 4) is 0 Å². The molecule has 5 heteroatoms. The van der Waals surface area contributed by atoms with E-state index < -0.39 is 5.54 Å². The lowest BCUT2D eigenvalue weighted by Crippen LogP contribution is -2.46. The lowest BCUT2D eigenvalue weighted by Gasteiger charge is -2.23. The molecular formula is C15H21N3O2. The van der Waals surface area contributed by atoms with Crippen molar-refractivity contribution in [2.45, 2.75) is 39.2 Å². The van der Waals surface area contributed by atoms with Gasteiger partial charge in [-0.2, -0.15) is 0 Å². The third kappa shape index (κ3) is 2.82. The van der Waals surface area contributed by atoms with Gasteiger partial charge in [0, 0.05) is 6.20 Å². The maximum Gasteiger partial charge on any atom is 0.270 e. The summed E-state index contributed by atoms with van der Waals surface area (Å²) in [4.78, 5) is 17.0. The van der Waals surface area contributed by atoms with Gasteiger partial charge in [0.15, 0.2) is 0 Å². The van der Waals surface area contributed by atoms with Crippen LogP contribution in [0, 0.1) is 0 Å². The van der Waals surface area contributed by atoms with Crippen LogP contribution in [-0.4, -0.2) is 32.5 Å². The van der Waals surface area contributed by atoms with Crippen LogP contribution >= 0.6 is 0 Å². The van der Waals surface area contributed by atoms with Crippen molar-refractivity contribution in [1.29, 1.82) is 0 Å². The van der Waals surface area contributed by atoms with Gasteiger partial charge >= 0.3 is 0 Å². The normalized spacial score (nSPS) is 11.8. The highest BCUT2D eigenvalue weighted by Crippen LogP contribution is 2.15. The van der Waals surface area contributed by atoms with Crippen molar-refractivity contribution in [2.24, 2.45) is 0 Å². The van der Waals surface area contributed by atoms with Crippen LogP contribution in [0.5, 0.6) is 0 Å². The van der Waals surface area contributed by atoms with Crippen LogP contribution in [0.2, 0.25) is 0 Å². The van der Waals surface area contributed by atoms with Crippen molar-refractivity contribution >= 4 is 11.6 Å². The molecule has 2 aromatic heterocycles. The number of rotatable bonds is 5. The minimum atomic E-state index is -0.653. The van der Waals surface area contributed by atoms with Crippen molar-refractivity contribution in [1.82, 2.24) is 14.7 Å². The Labute approximate surface area is 118 Å². The number of carbonyl (C=O) groups is 1. The van der Waals surface area contributed by atoms with Crippen molar-refractivity contribution in [3.63, 3.8) is 0 Å². The lowest BCUT2D eigenvalue weighted by molar-refractivity contribution is 0.0862. The number of aromatic nitrogens is 2. The molecular weight excluding hydrogens is 254 g/mol. The lowest BCUT2D eigenvalue weighted by atomic mass is 10.1. The molecule has 0 bridgehead atoms. The van der Waals surface area contributed by atoms with Gasteiger partial charge < -0.3 is 10.4 Å². The van der Waals surface area contributed by atoms with Crippen molar-refractivity contribution in [3.05, 3.63) is 35.8 Å². The van der Waals surface area contributed by atoms with Gasteiger partial charge in [0.05, 0.1) is 17.8 Å². The van der Waals surface area contributed by atoms with Crippen LogP contribution in [0.1, 0.15) is 43.4 Å². The number of aliphatic hydroxyl groups excluding tert-OH is 1. The summed E-state index contributed by atoms with van der Waals surface area (Å²) in [7, 11) is 0. The molecule has 0 aromatic carbocycles. The molecule has 0 aliphatic rings. The highest BCUT2D eigenvalue weighted by molar-refractivity contribution is 5.95. The minimum absolute atomic E-state index is 0.113. The second kappa shape index (κ2) is 5.63. The largest absolute Gasteiger partial charge is 0.394 e. The number of hydrogen-bond donors (Lipinski definition) is 2. The Bertz CT molecular complexity index is 617. The minimum Gasteiger partial charge on any atom is -0.394 e. The summed E-state index contributed by atoms with van der Waals surface area (Å²) in [6, 6.07) is 5.66. The maximum absolute atomic E-state index is 12.5. The fourth-order valence-electron chi connectivity index (χ4n) is 2.10. The number of aliphatic hydroxyl groups is 1. The van der Waals surface area contributed by atoms with Gasteiger partial charge in [0.25, 0.3) is 5.91 Å². The Balaban J connectivity index is 2.45. The highest BCUT2D eigenvalue weighted by Gasteiger charge is 2.24. The molecule has 0 unspecified atom stereocenters. The quantitative estimate of drug-likeness (QED) is 0.874. The molecule has 0 spiro atoms. The number of nitrogens with one attached hydrogen (secondary N) is 1. The Hall–Kier alpha value is -1.88. The predicted octanol–water partition coefficient (Wildman–Crippen LogP) is 1.79. The summed E-state index contributed by atoms with van der Waals surface area (Å²) in [5.74, 6) is -0.203. The average Bonchev–Trinajstić information content (AvgIpc) is 2.76. The topological polar surface area (TPSA) is 66.6 Å². The second-order valence-electron chi connectivity index (χ2n) is 5.58. The van der Waals surface area contributed by atoms with Crippen LogP contribution in [0.15, 0.2) is 24.4 Å². The van der Waals surface area contributed by atoms with E-state index in [0.29, 0.717) is 5.69 Å². The summed E-state index contributed by atoms with van der Waals surface area (Å²) in [6.07, 6.45) is 3.51. The number of carbonyl (C=O) groups excluding carboxylic acids is 1. The van der Waals surface area contributed by atoms with Crippen molar-refractivity contribution in [2.75, 3.05) is 6.61 Å². The molecule has 108 valence electrons. The zero-order valence-electron chi connectivity index (χ0n) is 12.2. The van der Waals surface area contributed by atoms with E-state index in [2.05, 4.69) is 17.2 Å². The first-order valence-corrected chi connectivity index (χ1v) is 6.88. The maximum atomic E-state index is 12.5. The molecule has 0 radical (unpaired) electrons. The van der Waals surface area contributed by atoms with Crippen molar-refractivity contribution < 1.29 is 9.90 Å². The van der Waals surface area contributed by atoms with E-state index in [1.807, 2.05) is 24.4 Å². The molecule has 2 aromatic rings.